The number of tetrazole rings is 1. The Bertz CT molecular complexity index is 1730. The average Bonchev–Trinajstić information content (AvgIpc) is 3.50. The number of nitrogens with zero attached hydrogens (tertiary/aromatic N) is 5. The third kappa shape index (κ3) is 7.27. The SMILES string of the molecule is CCOC(=O)CCc1nnnn1CC1CC(c2cccc(OC)c2OC)c2cc(Cl)ccc2N(Cc2ccc(OC)cc2OC)C1=O. The number of amides is 1. The second-order valence-electron chi connectivity index (χ2n) is 11.0. The van der Waals surface area contributed by atoms with E-state index in [1.165, 1.54) is 0 Å². The topological polar surface area (TPSA) is 127 Å². The highest BCUT2D eigenvalue weighted by atomic mass is 35.5. The maximum atomic E-state index is 14.8. The van der Waals surface area contributed by atoms with Gasteiger partial charge in [0.1, 0.15) is 11.5 Å². The number of fused-ring (bicyclic) bond motifs is 1. The average molecular weight is 664 g/mol. The van der Waals surface area contributed by atoms with E-state index in [-0.39, 0.29) is 50.3 Å². The first kappa shape index (κ1) is 33.5. The van der Waals surface area contributed by atoms with Crippen LogP contribution in [-0.4, -0.2) is 67.1 Å². The van der Waals surface area contributed by atoms with E-state index in [2.05, 4.69) is 15.5 Å². The second kappa shape index (κ2) is 15.2. The summed E-state index contributed by atoms with van der Waals surface area (Å²) in [6.45, 7) is 2.43. The highest BCUT2D eigenvalue weighted by molar-refractivity contribution is 6.30. The van der Waals surface area contributed by atoms with Crippen molar-refractivity contribution in [1.82, 2.24) is 20.2 Å². The molecule has 0 bridgehead atoms. The number of aryl methyl sites for hydroxylation is 1. The molecule has 2 unspecified atom stereocenters. The van der Waals surface area contributed by atoms with Crippen LogP contribution >= 0.6 is 11.6 Å². The summed E-state index contributed by atoms with van der Waals surface area (Å²) in [6.07, 6.45) is 0.759. The standard InChI is InChI=1S/C34H38ClN5O7/c1-6-47-32(41)15-14-31-36-37-38-40(31)20-22-16-26(25-8-7-9-29(44-3)33(25)46-5)27-17-23(35)11-13-28(27)39(34(22)42)19-21-10-12-24(43-2)18-30(21)45-4/h7-13,17-18,22,26H,6,14-16,19-20H2,1-5H3. The summed E-state index contributed by atoms with van der Waals surface area (Å²) < 4.78 is 29.3. The van der Waals surface area contributed by atoms with E-state index in [0.717, 1.165) is 16.7 Å². The van der Waals surface area contributed by atoms with Crippen molar-refractivity contribution in [2.24, 2.45) is 5.92 Å². The molecule has 0 N–H and O–H groups in total. The molecule has 12 nitrogen and oxygen atoms in total. The minimum absolute atomic E-state index is 0.115. The van der Waals surface area contributed by atoms with Gasteiger partial charge >= 0.3 is 5.97 Å². The van der Waals surface area contributed by atoms with Crippen molar-refractivity contribution in [3.05, 3.63) is 82.1 Å². The van der Waals surface area contributed by atoms with E-state index >= 15 is 0 Å². The van der Waals surface area contributed by atoms with Gasteiger partial charge in [-0.05, 0) is 65.7 Å². The molecule has 0 saturated carbocycles. The fourth-order valence-electron chi connectivity index (χ4n) is 6.05. The Morgan fingerprint density at radius 2 is 1.77 bits per heavy atom. The summed E-state index contributed by atoms with van der Waals surface area (Å²) in [6, 6.07) is 16.8. The van der Waals surface area contributed by atoms with Crippen molar-refractivity contribution in [2.75, 3.05) is 39.9 Å². The number of methoxy groups -OCH3 is 4. The molecule has 4 aromatic rings. The van der Waals surface area contributed by atoms with Crippen LogP contribution in [0.5, 0.6) is 23.0 Å². The first-order valence-electron chi connectivity index (χ1n) is 15.2. The van der Waals surface area contributed by atoms with Gasteiger partial charge in [0.25, 0.3) is 0 Å². The van der Waals surface area contributed by atoms with Gasteiger partial charge in [0.05, 0.1) is 60.5 Å². The van der Waals surface area contributed by atoms with Crippen LogP contribution in [0.2, 0.25) is 5.02 Å². The summed E-state index contributed by atoms with van der Waals surface area (Å²) in [5.74, 6) is 1.43. The lowest BCUT2D eigenvalue weighted by Gasteiger charge is -2.27. The number of hydrogen-bond donors (Lipinski definition) is 0. The lowest BCUT2D eigenvalue weighted by atomic mass is 9.83. The molecule has 248 valence electrons. The zero-order chi connectivity index (χ0) is 33.5. The van der Waals surface area contributed by atoms with Crippen LogP contribution in [0.3, 0.4) is 0 Å². The van der Waals surface area contributed by atoms with Crippen LogP contribution in [0.15, 0.2) is 54.6 Å². The molecule has 2 atom stereocenters. The zero-order valence-corrected chi connectivity index (χ0v) is 27.8. The molecule has 1 aliphatic rings. The van der Waals surface area contributed by atoms with Gasteiger partial charge in [-0.25, -0.2) is 4.68 Å². The molecular weight excluding hydrogens is 626 g/mol. The summed E-state index contributed by atoms with van der Waals surface area (Å²) in [5.41, 5.74) is 3.19. The highest BCUT2D eigenvalue weighted by Crippen LogP contribution is 2.47. The van der Waals surface area contributed by atoms with Crippen molar-refractivity contribution in [3.8, 4) is 23.0 Å². The summed E-state index contributed by atoms with van der Waals surface area (Å²) >= 11 is 6.63. The van der Waals surface area contributed by atoms with E-state index in [1.54, 1.807) is 57.1 Å². The lowest BCUT2D eigenvalue weighted by Crippen LogP contribution is -2.37. The van der Waals surface area contributed by atoms with Gasteiger partial charge in [0.2, 0.25) is 5.91 Å². The van der Waals surface area contributed by atoms with Crippen LogP contribution in [0.1, 0.15) is 48.2 Å². The van der Waals surface area contributed by atoms with Crippen LogP contribution in [0, 0.1) is 5.92 Å². The molecule has 3 aromatic carbocycles. The van der Waals surface area contributed by atoms with E-state index < -0.39 is 5.92 Å². The number of ether oxygens (including phenoxy) is 5. The van der Waals surface area contributed by atoms with Gasteiger partial charge in [0, 0.05) is 40.2 Å². The molecule has 2 heterocycles. The minimum atomic E-state index is -0.601. The molecule has 5 rings (SSSR count). The number of carbonyl (C=O) groups excluding carboxylic acids is 2. The molecule has 47 heavy (non-hydrogen) atoms. The summed E-state index contributed by atoms with van der Waals surface area (Å²) in [7, 11) is 6.36. The first-order chi connectivity index (χ1) is 22.8. The Morgan fingerprint density at radius 3 is 2.49 bits per heavy atom. The molecule has 1 aliphatic heterocycles. The molecule has 0 spiro atoms. The van der Waals surface area contributed by atoms with Gasteiger partial charge in [-0.3, -0.25) is 9.59 Å². The van der Waals surface area contributed by atoms with Crippen molar-refractivity contribution in [2.45, 2.75) is 45.2 Å². The summed E-state index contributed by atoms with van der Waals surface area (Å²) in [5, 5.41) is 12.8. The number of halogens is 1. The Labute approximate surface area is 278 Å². The number of benzene rings is 3. The maximum absolute atomic E-state index is 14.8. The quantitative estimate of drug-likeness (QED) is 0.175. The predicted octanol–water partition coefficient (Wildman–Crippen LogP) is 5.24. The maximum Gasteiger partial charge on any atom is 0.306 e. The molecular formula is C34H38ClN5O7. The summed E-state index contributed by atoms with van der Waals surface area (Å²) in [4.78, 5) is 28.6. The van der Waals surface area contributed by atoms with E-state index in [1.807, 2.05) is 42.5 Å². The minimum Gasteiger partial charge on any atom is -0.497 e. The molecule has 0 fully saturated rings. The zero-order valence-electron chi connectivity index (χ0n) is 27.1. The monoisotopic (exact) mass is 663 g/mol. The van der Waals surface area contributed by atoms with Crippen LogP contribution in [0.25, 0.3) is 0 Å². The third-order valence-electron chi connectivity index (χ3n) is 8.28. The lowest BCUT2D eigenvalue weighted by molar-refractivity contribution is -0.143. The number of aromatic nitrogens is 4. The normalized spacial score (nSPS) is 15.9. The molecule has 1 aromatic heterocycles. The highest BCUT2D eigenvalue weighted by Gasteiger charge is 2.38. The number of para-hydroxylation sites is 1. The van der Waals surface area contributed by atoms with Crippen molar-refractivity contribution in [1.29, 1.82) is 0 Å². The number of carbonyl (C=O) groups is 2. The Hall–Kier alpha value is -4.84. The van der Waals surface area contributed by atoms with Gasteiger partial charge in [-0.1, -0.05) is 23.7 Å². The van der Waals surface area contributed by atoms with Crippen LogP contribution in [-0.2, 0) is 33.8 Å². The van der Waals surface area contributed by atoms with E-state index in [0.29, 0.717) is 46.0 Å². The van der Waals surface area contributed by atoms with Gasteiger partial charge < -0.3 is 28.6 Å². The van der Waals surface area contributed by atoms with Crippen LogP contribution in [0.4, 0.5) is 5.69 Å². The number of esters is 1. The molecule has 0 saturated heterocycles. The molecule has 13 heteroatoms. The number of hydrogen-bond acceptors (Lipinski definition) is 10. The largest absolute Gasteiger partial charge is 0.497 e. The molecule has 0 aliphatic carbocycles. The Kier molecular flexibility index (Phi) is 10.8. The molecule has 1 amide bonds. The van der Waals surface area contributed by atoms with E-state index in [4.69, 9.17) is 35.3 Å². The second-order valence-corrected chi connectivity index (χ2v) is 11.4. The fraction of sp³-hybridized carbons (Fsp3) is 0.382. The first-order valence-corrected chi connectivity index (χ1v) is 15.6. The van der Waals surface area contributed by atoms with Gasteiger partial charge in [0.15, 0.2) is 17.3 Å². The number of anilines is 1. The van der Waals surface area contributed by atoms with Gasteiger partial charge in [-0.2, -0.15) is 0 Å². The van der Waals surface area contributed by atoms with Crippen molar-refractivity contribution < 1.29 is 33.3 Å². The van der Waals surface area contributed by atoms with Crippen molar-refractivity contribution >= 4 is 29.2 Å². The Morgan fingerprint density at radius 1 is 0.957 bits per heavy atom. The van der Waals surface area contributed by atoms with Crippen molar-refractivity contribution in [3.63, 3.8) is 0 Å². The van der Waals surface area contributed by atoms with Crippen LogP contribution < -0.4 is 23.8 Å². The Balaban J connectivity index is 1.62. The van der Waals surface area contributed by atoms with E-state index in [9.17, 15) is 9.59 Å². The smallest absolute Gasteiger partial charge is 0.306 e. The molecule has 0 radical (unpaired) electrons. The third-order valence-corrected chi connectivity index (χ3v) is 8.52. The predicted molar refractivity (Wildman–Crippen MR) is 174 cm³/mol. The number of rotatable bonds is 13. The van der Waals surface area contributed by atoms with Gasteiger partial charge in [-0.15, -0.1) is 5.10 Å². The fourth-order valence-corrected chi connectivity index (χ4v) is 6.23.